The number of rotatable bonds is 8. The van der Waals surface area contributed by atoms with Crippen LogP contribution in [0.3, 0.4) is 0 Å². The minimum atomic E-state index is -0.894. The number of aliphatic carboxylic acids is 1. The van der Waals surface area contributed by atoms with E-state index in [2.05, 4.69) is 9.88 Å². The van der Waals surface area contributed by atoms with Crippen LogP contribution >= 0.6 is 11.3 Å². The molecule has 3 rings (SSSR count). The lowest BCUT2D eigenvalue weighted by molar-refractivity contribution is -0.136. The Hall–Kier alpha value is -2.16. The van der Waals surface area contributed by atoms with Gasteiger partial charge in [0.05, 0.1) is 38.0 Å². The quantitative estimate of drug-likeness (QED) is 0.754. The van der Waals surface area contributed by atoms with Crippen molar-refractivity contribution in [3.05, 3.63) is 29.3 Å². The van der Waals surface area contributed by atoms with Gasteiger partial charge in [0.1, 0.15) is 11.6 Å². The van der Waals surface area contributed by atoms with E-state index in [-0.39, 0.29) is 6.42 Å². The number of methoxy groups -OCH3 is 1. The number of carboxylic acids is 1. The first-order valence-electron chi connectivity index (χ1n) is 8.44. The normalized spacial score (nSPS) is 15.0. The second-order valence-electron chi connectivity index (χ2n) is 5.85. The van der Waals surface area contributed by atoms with Crippen LogP contribution in [0.4, 0.5) is 0 Å². The van der Waals surface area contributed by atoms with Crippen LogP contribution in [0.25, 0.3) is 10.6 Å². The van der Waals surface area contributed by atoms with Gasteiger partial charge in [-0.05, 0) is 12.1 Å². The molecule has 1 aliphatic heterocycles. The van der Waals surface area contributed by atoms with Crippen molar-refractivity contribution < 1.29 is 24.1 Å². The highest BCUT2D eigenvalue weighted by atomic mass is 32.1. The van der Waals surface area contributed by atoms with E-state index >= 15 is 0 Å². The molecule has 0 unspecified atom stereocenters. The highest BCUT2D eigenvalue weighted by Gasteiger charge is 2.17. The standard InChI is InChI=1S/C18H22N2O5S/c1-23-15-4-2-3-14(18-19-13(12-26-18)11-16(21)22)17(15)25-10-7-20-5-8-24-9-6-20/h2-4,12H,5-11H2,1H3,(H,21,22). The highest BCUT2D eigenvalue weighted by Crippen LogP contribution is 2.39. The van der Waals surface area contributed by atoms with Gasteiger partial charge >= 0.3 is 5.97 Å². The number of carboxylic acid groups (broad SMARTS) is 1. The van der Waals surface area contributed by atoms with Crippen LogP contribution in [0, 0.1) is 0 Å². The summed E-state index contributed by atoms with van der Waals surface area (Å²) in [6.45, 7) is 4.67. The molecule has 0 atom stereocenters. The molecule has 0 bridgehead atoms. The lowest BCUT2D eigenvalue weighted by Gasteiger charge is -2.26. The summed E-state index contributed by atoms with van der Waals surface area (Å²) >= 11 is 1.40. The van der Waals surface area contributed by atoms with Gasteiger partial charge in [0.25, 0.3) is 0 Å². The van der Waals surface area contributed by atoms with Gasteiger partial charge in [0, 0.05) is 25.0 Å². The molecule has 26 heavy (non-hydrogen) atoms. The minimum absolute atomic E-state index is 0.0896. The smallest absolute Gasteiger partial charge is 0.309 e. The van der Waals surface area contributed by atoms with E-state index in [1.807, 2.05) is 18.2 Å². The molecule has 0 amide bonds. The van der Waals surface area contributed by atoms with Gasteiger partial charge in [-0.3, -0.25) is 9.69 Å². The van der Waals surface area contributed by atoms with Crippen molar-refractivity contribution in [1.29, 1.82) is 0 Å². The van der Waals surface area contributed by atoms with E-state index in [0.29, 0.717) is 23.8 Å². The summed E-state index contributed by atoms with van der Waals surface area (Å²) < 4.78 is 16.9. The summed E-state index contributed by atoms with van der Waals surface area (Å²) in [4.78, 5) is 17.6. The summed E-state index contributed by atoms with van der Waals surface area (Å²) in [5, 5.41) is 11.4. The van der Waals surface area contributed by atoms with Crippen LogP contribution in [0.1, 0.15) is 5.69 Å². The van der Waals surface area contributed by atoms with Gasteiger partial charge in [-0.25, -0.2) is 4.98 Å². The van der Waals surface area contributed by atoms with Gasteiger partial charge in [-0.15, -0.1) is 11.3 Å². The first kappa shape index (κ1) is 18.6. The van der Waals surface area contributed by atoms with Gasteiger partial charge in [-0.2, -0.15) is 0 Å². The number of ether oxygens (including phenoxy) is 3. The third-order valence-corrected chi connectivity index (χ3v) is 5.00. The Balaban J connectivity index is 1.75. The van der Waals surface area contributed by atoms with Crippen LogP contribution in [-0.2, 0) is 16.0 Å². The van der Waals surface area contributed by atoms with Crippen molar-refractivity contribution in [3.8, 4) is 22.1 Å². The van der Waals surface area contributed by atoms with Crippen LogP contribution in [0.5, 0.6) is 11.5 Å². The fourth-order valence-electron chi connectivity index (χ4n) is 2.76. The fourth-order valence-corrected chi connectivity index (χ4v) is 3.60. The average Bonchev–Trinajstić information content (AvgIpc) is 3.10. The largest absolute Gasteiger partial charge is 0.493 e. The summed E-state index contributed by atoms with van der Waals surface area (Å²) in [6.07, 6.45) is -0.0896. The van der Waals surface area contributed by atoms with Crippen molar-refractivity contribution in [1.82, 2.24) is 9.88 Å². The number of morpholine rings is 1. The zero-order chi connectivity index (χ0) is 18.4. The van der Waals surface area contributed by atoms with Crippen molar-refractivity contribution in [2.24, 2.45) is 0 Å². The van der Waals surface area contributed by atoms with Gasteiger partial charge in [0.15, 0.2) is 11.5 Å². The Kier molecular flexibility index (Phi) is 6.43. The average molecular weight is 378 g/mol. The molecule has 0 radical (unpaired) electrons. The number of para-hydroxylation sites is 1. The summed E-state index contributed by atoms with van der Waals surface area (Å²) in [5.74, 6) is 0.383. The Bertz CT molecular complexity index is 743. The van der Waals surface area contributed by atoms with Gasteiger partial charge in [0.2, 0.25) is 0 Å². The Morgan fingerprint density at radius 1 is 1.38 bits per heavy atom. The molecule has 8 heteroatoms. The molecule has 1 aromatic heterocycles. The third-order valence-electron chi connectivity index (χ3n) is 4.07. The molecule has 0 spiro atoms. The predicted octanol–water partition coefficient (Wildman–Crippen LogP) is 2.16. The van der Waals surface area contributed by atoms with Crippen LogP contribution in [-0.4, -0.2) is 67.5 Å². The van der Waals surface area contributed by atoms with Crippen molar-refractivity contribution in [2.75, 3.05) is 46.6 Å². The van der Waals surface area contributed by atoms with Crippen LogP contribution < -0.4 is 9.47 Å². The molecule has 0 saturated carbocycles. The maximum absolute atomic E-state index is 10.9. The van der Waals surface area contributed by atoms with Gasteiger partial charge in [-0.1, -0.05) is 6.07 Å². The van der Waals surface area contributed by atoms with E-state index in [4.69, 9.17) is 19.3 Å². The summed E-state index contributed by atoms with van der Waals surface area (Å²) in [5.41, 5.74) is 1.35. The lowest BCUT2D eigenvalue weighted by Crippen LogP contribution is -2.38. The molecule has 140 valence electrons. The SMILES string of the molecule is COc1cccc(-c2nc(CC(=O)O)cs2)c1OCCN1CCOCC1. The molecule has 1 aliphatic rings. The van der Waals surface area contributed by atoms with Crippen LogP contribution in [0.2, 0.25) is 0 Å². The van der Waals surface area contributed by atoms with E-state index in [0.717, 1.165) is 43.4 Å². The molecular weight excluding hydrogens is 356 g/mol. The lowest BCUT2D eigenvalue weighted by atomic mass is 10.2. The third kappa shape index (κ3) is 4.72. The van der Waals surface area contributed by atoms with E-state index in [9.17, 15) is 4.79 Å². The fraction of sp³-hybridized carbons (Fsp3) is 0.444. The molecule has 1 N–H and O–H groups in total. The van der Waals surface area contributed by atoms with Crippen molar-refractivity contribution in [3.63, 3.8) is 0 Å². The van der Waals surface area contributed by atoms with Crippen LogP contribution in [0.15, 0.2) is 23.6 Å². The number of thiazole rings is 1. The van der Waals surface area contributed by atoms with E-state index in [1.165, 1.54) is 11.3 Å². The van der Waals surface area contributed by atoms with Crippen molar-refractivity contribution >= 4 is 17.3 Å². The molecule has 2 heterocycles. The first-order chi connectivity index (χ1) is 12.7. The summed E-state index contributed by atoms with van der Waals surface area (Å²) in [6, 6.07) is 5.64. The Labute approximate surface area is 156 Å². The summed E-state index contributed by atoms with van der Waals surface area (Å²) in [7, 11) is 1.60. The topological polar surface area (TPSA) is 81.1 Å². The molecule has 1 fully saturated rings. The molecule has 7 nitrogen and oxygen atoms in total. The molecule has 0 aliphatic carbocycles. The maximum Gasteiger partial charge on any atom is 0.309 e. The molecular formula is C18H22N2O5S. The van der Waals surface area contributed by atoms with E-state index in [1.54, 1.807) is 12.5 Å². The Morgan fingerprint density at radius 2 is 2.19 bits per heavy atom. The number of hydrogen-bond acceptors (Lipinski definition) is 7. The Morgan fingerprint density at radius 3 is 2.92 bits per heavy atom. The monoisotopic (exact) mass is 378 g/mol. The number of aromatic nitrogens is 1. The number of benzene rings is 1. The van der Waals surface area contributed by atoms with Crippen molar-refractivity contribution in [2.45, 2.75) is 6.42 Å². The molecule has 2 aromatic rings. The number of carbonyl (C=O) groups is 1. The molecule has 1 aromatic carbocycles. The second-order valence-corrected chi connectivity index (χ2v) is 6.71. The number of hydrogen-bond donors (Lipinski definition) is 1. The second kappa shape index (κ2) is 8.98. The van der Waals surface area contributed by atoms with E-state index < -0.39 is 5.97 Å². The molecule has 1 saturated heterocycles. The minimum Gasteiger partial charge on any atom is -0.493 e. The number of nitrogens with zero attached hydrogens (tertiary/aromatic N) is 2. The zero-order valence-corrected chi connectivity index (χ0v) is 15.5. The highest BCUT2D eigenvalue weighted by molar-refractivity contribution is 7.13. The van der Waals surface area contributed by atoms with Gasteiger partial charge < -0.3 is 19.3 Å². The predicted molar refractivity (Wildman–Crippen MR) is 98.2 cm³/mol. The maximum atomic E-state index is 10.9. The first-order valence-corrected chi connectivity index (χ1v) is 9.32. The zero-order valence-electron chi connectivity index (χ0n) is 14.6.